The molecule has 3 rings (SSSR count). The Morgan fingerprint density at radius 1 is 1.17 bits per heavy atom. The molecule has 118 valence electrons. The molecular formula is C14H13N4O4P. The van der Waals surface area contributed by atoms with Gasteiger partial charge < -0.3 is 25.1 Å². The fraction of sp³-hybridized carbons (Fsp3) is 0. The van der Waals surface area contributed by atoms with Gasteiger partial charge in [0.05, 0.1) is 12.0 Å². The number of fused-ring (bicyclic) bond motifs is 1. The molecule has 0 aliphatic rings. The van der Waals surface area contributed by atoms with Gasteiger partial charge in [-0.1, -0.05) is 18.2 Å². The smallest absolute Gasteiger partial charge is 0.349 e. The van der Waals surface area contributed by atoms with Crippen LogP contribution < -0.4 is 10.9 Å². The van der Waals surface area contributed by atoms with Crippen LogP contribution in [0.2, 0.25) is 0 Å². The van der Waals surface area contributed by atoms with Crippen molar-refractivity contribution in [1.82, 2.24) is 15.0 Å². The Bertz CT molecular complexity index is 986. The third-order valence-corrected chi connectivity index (χ3v) is 3.68. The zero-order valence-electron chi connectivity index (χ0n) is 11.7. The standard InChI is InChI=1S/C14H13N4O4P/c19-14-13-12(16-8-17-14)11(7-15-13)18-10-4-2-1-3-9(10)5-6-23(20,21)22/h1-8,15,18H,(H,16,17,19)(H2,20,21,22). The number of nitrogens with zero attached hydrogens (tertiary/aromatic N) is 1. The van der Waals surface area contributed by atoms with Gasteiger partial charge in [0.2, 0.25) is 0 Å². The molecule has 0 bridgehead atoms. The Morgan fingerprint density at radius 3 is 2.74 bits per heavy atom. The Labute approximate surface area is 130 Å². The van der Waals surface area contributed by atoms with Gasteiger partial charge in [0.1, 0.15) is 11.0 Å². The largest absolute Gasteiger partial charge is 0.353 e. The van der Waals surface area contributed by atoms with Crippen LogP contribution in [0.15, 0.2) is 47.4 Å². The predicted molar refractivity (Wildman–Crippen MR) is 87.5 cm³/mol. The first-order valence-electron chi connectivity index (χ1n) is 6.59. The van der Waals surface area contributed by atoms with Crippen molar-refractivity contribution in [1.29, 1.82) is 0 Å². The molecule has 2 aromatic heterocycles. The summed E-state index contributed by atoms with van der Waals surface area (Å²) in [6, 6.07) is 7.00. The molecule has 1 aromatic carbocycles. The second-order valence-electron chi connectivity index (χ2n) is 4.77. The highest BCUT2D eigenvalue weighted by Gasteiger charge is 2.10. The van der Waals surface area contributed by atoms with Gasteiger partial charge in [0.15, 0.2) is 0 Å². The number of para-hydroxylation sites is 1. The highest BCUT2D eigenvalue weighted by atomic mass is 31.2. The van der Waals surface area contributed by atoms with Crippen molar-refractivity contribution in [3.63, 3.8) is 0 Å². The van der Waals surface area contributed by atoms with Crippen molar-refractivity contribution in [2.45, 2.75) is 0 Å². The van der Waals surface area contributed by atoms with E-state index in [1.54, 1.807) is 30.5 Å². The second kappa shape index (κ2) is 5.85. The molecule has 9 heteroatoms. The van der Waals surface area contributed by atoms with Crippen molar-refractivity contribution in [2.24, 2.45) is 0 Å². The van der Waals surface area contributed by atoms with E-state index in [0.717, 1.165) is 5.82 Å². The number of aromatic nitrogens is 3. The minimum Gasteiger partial charge on any atom is -0.353 e. The third-order valence-electron chi connectivity index (χ3n) is 3.15. The van der Waals surface area contributed by atoms with Gasteiger partial charge in [-0.25, -0.2) is 4.98 Å². The summed E-state index contributed by atoms with van der Waals surface area (Å²) < 4.78 is 11.0. The average molecular weight is 332 g/mol. The topological polar surface area (TPSA) is 131 Å². The molecule has 0 saturated heterocycles. The van der Waals surface area contributed by atoms with Gasteiger partial charge in [0.25, 0.3) is 5.56 Å². The quantitative estimate of drug-likeness (QED) is 0.465. The molecule has 23 heavy (non-hydrogen) atoms. The molecule has 0 fully saturated rings. The van der Waals surface area contributed by atoms with E-state index in [1.165, 1.54) is 12.4 Å². The van der Waals surface area contributed by atoms with E-state index >= 15 is 0 Å². The molecule has 3 aromatic rings. The summed E-state index contributed by atoms with van der Waals surface area (Å²) in [4.78, 5) is 39.0. The van der Waals surface area contributed by atoms with Crippen molar-refractivity contribution >= 4 is 36.1 Å². The molecule has 2 heterocycles. The van der Waals surface area contributed by atoms with E-state index in [0.29, 0.717) is 28.0 Å². The first-order chi connectivity index (χ1) is 10.9. The van der Waals surface area contributed by atoms with Gasteiger partial charge >= 0.3 is 7.60 Å². The zero-order valence-corrected chi connectivity index (χ0v) is 12.6. The van der Waals surface area contributed by atoms with E-state index in [9.17, 15) is 9.36 Å². The van der Waals surface area contributed by atoms with E-state index in [-0.39, 0.29) is 5.56 Å². The highest BCUT2D eigenvalue weighted by Crippen LogP contribution is 2.37. The van der Waals surface area contributed by atoms with E-state index in [4.69, 9.17) is 9.79 Å². The summed E-state index contributed by atoms with van der Waals surface area (Å²) in [5.74, 6) is 0.839. The SMILES string of the molecule is O=c1[nH]cnc2c(Nc3ccccc3C=CP(=O)(O)O)c[nH]c12. The molecule has 0 unspecified atom stereocenters. The maximum Gasteiger partial charge on any atom is 0.349 e. The van der Waals surface area contributed by atoms with Crippen LogP contribution in [0.3, 0.4) is 0 Å². The number of hydrogen-bond donors (Lipinski definition) is 5. The van der Waals surface area contributed by atoms with Crippen LogP contribution in [0.1, 0.15) is 5.56 Å². The number of aromatic amines is 2. The minimum atomic E-state index is -4.24. The normalized spacial score (nSPS) is 12.1. The maximum absolute atomic E-state index is 11.7. The lowest BCUT2D eigenvalue weighted by molar-refractivity contribution is 0.386. The van der Waals surface area contributed by atoms with Gasteiger partial charge in [-0.3, -0.25) is 9.36 Å². The van der Waals surface area contributed by atoms with Crippen LogP contribution >= 0.6 is 7.60 Å². The number of nitrogens with one attached hydrogen (secondary N) is 3. The summed E-state index contributed by atoms with van der Waals surface area (Å²) in [6.07, 6.45) is 4.26. The van der Waals surface area contributed by atoms with Crippen molar-refractivity contribution in [2.75, 3.05) is 5.32 Å². The van der Waals surface area contributed by atoms with Crippen LogP contribution in [0.25, 0.3) is 17.1 Å². The Balaban J connectivity index is 2.00. The van der Waals surface area contributed by atoms with E-state index < -0.39 is 7.60 Å². The molecule has 0 atom stereocenters. The van der Waals surface area contributed by atoms with Crippen LogP contribution in [-0.4, -0.2) is 24.7 Å². The van der Waals surface area contributed by atoms with Crippen molar-refractivity contribution < 1.29 is 14.4 Å². The molecule has 0 saturated carbocycles. The fourth-order valence-electron chi connectivity index (χ4n) is 2.12. The lowest BCUT2D eigenvalue weighted by Gasteiger charge is -2.08. The minimum absolute atomic E-state index is 0.280. The Hall–Kier alpha value is -2.67. The third kappa shape index (κ3) is 3.40. The molecule has 0 aliphatic carbocycles. The number of H-pyrrole nitrogens is 2. The summed E-state index contributed by atoms with van der Waals surface area (Å²) in [5.41, 5.74) is 2.34. The number of anilines is 2. The Kier molecular flexibility index (Phi) is 3.87. The monoisotopic (exact) mass is 332 g/mol. The Morgan fingerprint density at radius 2 is 1.96 bits per heavy atom. The molecule has 0 amide bonds. The predicted octanol–water partition coefficient (Wildman–Crippen LogP) is 2.14. The van der Waals surface area contributed by atoms with Crippen LogP contribution in [0.5, 0.6) is 0 Å². The van der Waals surface area contributed by atoms with Gasteiger partial charge in [0, 0.05) is 17.7 Å². The number of benzene rings is 1. The maximum atomic E-state index is 11.7. The van der Waals surface area contributed by atoms with E-state index in [2.05, 4.69) is 20.3 Å². The first-order valence-corrected chi connectivity index (χ1v) is 8.27. The van der Waals surface area contributed by atoms with E-state index in [1.807, 2.05) is 0 Å². The number of hydrogen-bond acceptors (Lipinski definition) is 4. The van der Waals surface area contributed by atoms with Gasteiger partial charge in [-0.15, -0.1) is 0 Å². The van der Waals surface area contributed by atoms with Crippen LogP contribution in [0, 0.1) is 0 Å². The van der Waals surface area contributed by atoms with Gasteiger partial charge in [-0.05, 0) is 17.7 Å². The van der Waals surface area contributed by atoms with Gasteiger partial charge in [-0.2, -0.15) is 0 Å². The second-order valence-corrected chi connectivity index (χ2v) is 6.25. The summed E-state index contributed by atoms with van der Waals surface area (Å²) in [7, 11) is -4.24. The van der Waals surface area contributed by atoms with Crippen molar-refractivity contribution in [3.05, 3.63) is 58.5 Å². The average Bonchev–Trinajstić information content (AvgIpc) is 2.90. The lowest BCUT2D eigenvalue weighted by atomic mass is 10.1. The highest BCUT2D eigenvalue weighted by molar-refractivity contribution is 7.55. The zero-order chi connectivity index (χ0) is 16.4. The summed E-state index contributed by atoms with van der Waals surface area (Å²) in [6.45, 7) is 0. The lowest BCUT2D eigenvalue weighted by Crippen LogP contribution is -2.05. The molecule has 0 aliphatic heterocycles. The summed E-state index contributed by atoms with van der Waals surface area (Å²) in [5, 5.41) is 3.11. The molecule has 0 radical (unpaired) electrons. The van der Waals surface area contributed by atoms with Crippen LogP contribution in [0.4, 0.5) is 11.4 Å². The van der Waals surface area contributed by atoms with Crippen molar-refractivity contribution in [3.8, 4) is 0 Å². The summed E-state index contributed by atoms with van der Waals surface area (Å²) >= 11 is 0. The van der Waals surface area contributed by atoms with Crippen LogP contribution in [-0.2, 0) is 4.57 Å². The molecular weight excluding hydrogens is 319 g/mol. The molecule has 8 nitrogen and oxygen atoms in total. The molecule has 0 spiro atoms. The fourth-order valence-corrected chi connectivity index (χ4v) is 2.48. The molecule has 5 N–H and O–H groups in total. The first kappa shape index (κ1) is 15.2. The number of rotatable bonds is 4.